The molecule has 0 amide bonds. The maximum absolute atomic E-state index is 14.1. The third-order valence-electron chi connectivity index (χ3n) is 3.43. The Morgan fingerprint density at radius 1 is 1.30 bits per heavy atom. The van der Waals surface area contributed by atoms with Crippen LogP contribution in [0.2, 0.25) is 0 Å². The molecule has 1 aromatic rings. The van der Waals surface area contributed by atoms with Crippen molar-refractivity contribution in [3.05, 3.63) is 35.1 Å². The molecular formula is C16H24FNO2. The first-order valence-electron chi connectivity index (χ1n) is 7.19. The van der Waals surface area contributed by atoms with Gasteiger partial charge in [0, 0.05) is 11.6 Å². The zero-order valence-corrected chi connectivity index (χ0v) is 12.8. The van der Waals surface area contributed by atoms with E-state index in [2.05, 4.69) is 4.90 Å². The summed E-state index contributed by atoms with van der Waals surface area (Å²) in [4.78, 5) is 13.9. The summed E-state index contributed by atoms with van der Waals surface area (Å²) in [7, 11) is 0. The van der Waals surface area contributed by atoms with Gasteiger partial charge in [-0.1, -0.05) is 31.5 Å². The average molecular weight is 281 g/mol. The van der Waals surface area contributed by atoms with Crippen LogP contribution in [0.15, 0.2) is 18.2 Å². The lowest BCUT2D eigenvalue weighted by Crippen LogP contribution is -2.31. The van der Waals surface area contributed by atoms with E-state index in [0.29, 0.717) is 12.2 Å². The molecule has 1 atom stereocenters. The van der Waals surface area contributed by atoms with Gasteiger partial charge in [0.05, 0.1) is 13.0 Å². The average Bonchev–Trinajstić information content (AvgIpc) is 2.42. The number of rotatable bonds is 7. The standard InChI is InChI=1S/C16H24FNO2/c1-5-18(6-2)15(11-16(19)20-7-3)13-10-12(4)8-9-14(13)17/h8-10,15H,5-7,11H2,1-4H3. The Balaban J connectivity index is 3.08. The van der Waals surface area contributed by atoms with Gasteiger partial charge in [0.2, 0.25) is 0 Å². The van der Waals surface area contributed by atoms with Gasteiger partial charge >= 0.3 is 5.97 Å². The van der Waals surface area contributed by atoms with Crippen LogP contribution in [0.3, 0.4) is 0 Å². The van der Waals surface area contributed by atoms with Crippen LogP contribution in [0, 0.1) is 12.7 Å². The van der Waals surface area contributed by atoms with Gasteiger partial charge in [-0.15, -0.1) is 0 Å². The summed E-state index contributed by atoms with van der Waals surface area (Å²) in [5, 5.41) is 0. The van der Waals surface area contributed by atoms with E-state index < -0.39 is 0 Å². The van der Waals surface area contributed by atoms with Crippen molar-refractivity contribution < 1.29 is 13.9 Å². The Kier molecular flexibility index (Phi) is 6.65. The molecule has 0 saturated carbocycles. The molecule has 4 heteroatoms. The maximum atomic E-state index is 14.1. The predicted octanol–water partition coefficient (Wildman–Crippen LogP) is 3.47. The molecule has 0 N–H and O–H groups in total. The Morgan fingerprint density at radius 3 is 2.50 bits per heavy atom. The zero-order chi connectivity index (χ0) is 15.1. The smallest absolute Gasteiger partial charge is 0.307 e. The fraction of sp³-hybridized carbons (Fsp3) is 0.562. The summed E-state index contributed by atoms with van der Waals surface area (Å²) in [6, 6.07) is 4.75. The second-order valence-corrected chi connectivity index (χ2v) is 4.77. The molecule has 1 unspecified atom stereocenters. The topological polar surface area (TPSA) is 29.5 Å². The fourth-order valence-corrected chi connectivity index (χ4v) is 2.40. The van der Waals surface area contributed by atoms with Crippen LogP contribution in [0.1, 0.15) is 44.4 Å². The van der Waals surface area contributed by atoms with Crippen LogP contribution in [0.4, 0.5) is 4.39 Å². The normalized spacial score (nSPS) is 12.5. The first kappa shape index (κ1) is 16.6. The van der Waals surface area contributed by atoms with Gasteiger partial charge < -0.3 is 4.74 Å². The van der Waals surface area contributed by atoms with Crippen molar-refractivity contribution in [3.8, 4) is 0 Å². The molecule has 1 rings (SSSR count). The van der Waals surface area contributed by atoms with Crippen LogP contribution >= 0.6 is 0 Å². The Bertz CT molecular complexity index is 444. The highest BCUT2D eigenvalue weighted by atomic mass is 19.1. The molecule has 0 heterocycles. The van der Waals surface area contributed by atoms with Gasteiger partial charge in [0.1, 0.15) is 5.82 Å². The molecule has 0 aliphatic heterocycles. The second-order valence-electron chi connectivity index (χ2n) is 4.77. The molecule has 0 spiro atoms. The summed E-state index contributed by atoms with van der Waals surface area (Å²) in [6.07, 6.45) is 0.176. The number of hydrogen-bond donors (Lipinski definition) is 0. The van der Waals surface area contributed by atoms with E-state index in [1.807, 2.05) is 26.8 Å². The molecule has 0 saturated heterocycles. The van der Waals surface area contributed by atoms with Crippen LogP contribution in [0.25, 0.3) is 0 Å². The number of halogens is 1. The Morgan fingerprint density at radius 2 is 1.95 bits per heavy atom. The number of nitrogens with zero attached hydrogens (tertiary/aromatic N) is 1. The van der Waals surface area contributed by atoms with Crippen molar-refractivity contribution in [1.82, 2.24) is 4.90 Å². The molecular weight excluding hydrogens is 257 g/mol. The van der Waals surface area contributed by atoms with Crippen molar-refractivity contribution in [2.45, 2.75) is 40.2 Å². The summed E-state index contributed by atoms with van der Waals surface area (Å²) in [5.74, 6) is -0.554. The van der Waals surface area contributed by atoms with Crippen molar-refractivity contribution in [2.24, 2.45) is 0 Å². The maximum Gasteiger partial charge on any atom is 0.307 e. The van der Waals surface area contributed by atoms with E-state index in [-0.39, 0.29) is 24.2 Å². The van der Waals surface area contributed by atoms with Gasteiger partial charge in [-0.25, -0.2) is 4.39 Å². The van der Waals surface area contributed by atoms with Gasteiger partial charge in [-0.3, -0.25) is 9.69 Å². The zero-order valence-electron chi connectivity index (χ0n) is 12.8. The molecule has 0 fully saturated rings. The lowest BCUT2D eigenvalue weighted by molar-refractivity contribution is -0.144. The highest BCUT2D eigenvalue weighted by Gasteiger charge is 2.24. The lowest BCUT2D eigenvalue weighted by Gasteiger charge is -2.29. The predicted molar refractivity (Wildman–Crippen MR) is 78.0 cm³/mol. The molecule has 0 bridgehead atoms. The monoisotopic (exact) mass is 281 g/mol. The van der Waals surface area contributed by atoms with Crippen LogP contribution in [-0.4, -0.2) is 30.6 Å². The van der Waals surface area contributed by atoms with E-state index in [0.717, 1.165) is 18.7 Å². The number of ether oxygens (including phenoxy) is 1. The quantitative estimate of drug-likeness (QED) is 0.717. The number of hydrogen-bond acceptors (Lipinski definition) is 3. The first-order chi connectivity index (χ1) is 9.53. The highest BCUT2D eigenvalue weighted by Crippen LogP contribution is 2.27. The molecule has 20 heavy (non-hydrogen) atoms. The SMILES string of the molecule is CCOC(=O)CC(c1cc(C)ccc1F)N(CC)CC. The van der Waals surface area contributed by atoms with Gasteiger partial charge in [0.25, 0.3) is 0 Å². The minimum absolute atomic E-state index is 0.176. The first-order valence-corrected chi connectivity index (χ1v) is 7.19. The van der Waals surface area contributed by atoms with Gasteiger partial charge in [-0.05, 0) is 33.0 Å². The molecule has 3 nitrogen and oxygen atoms in total. The fourth-order valence-electron chi connectivity index (χ4n) is 2.40. The van der Waals surface area contributed by atoms with Crippen molar-refractivity contribution in [2.75, 3.05) is 19.7 Å². The number of aryl methyl sites for hydroxylation is 1. The highest BCUT2D eigenvalue weighted by molar-refractivity contribution is 5.70. The van der Waals surface area contributed by atoms with Crippen molar-refractivity contribution in [3.63, 3.8) is 0 Å². The van der Waals surface area contributed by atoms with E-state index in [4.69, 9.17) is 4.74 Å². The lowest BCUT2D eigenvalue weighted by atomic mass is 9.99. The van der Waals surface area contributed by atoms with Crippen LogP contribution in [-0.2, 0) is 9.53 Å². The summed E-state index contributed by atoms with van der Waals surface area (Å²) >= 11 is 0. The minimum Gasteiger partial charge on any atom is -0.466 e. The minimum atomic E-state index is -0.287. The Hall–Kier alpha value is -1.42. The second kappa shape index (κ2) is 8.00. The van der Waals surface area contributed by atoms with E-state index in [1.54, 1.807) is 13.0 Å². The Labute approximate surface area is 120 Å². The molecule has 0 aromatic heterocycles. The number of carbonyl (C=O) groups excluding carboxylic acids is 1. The molecule has 0 radical (unpaired) electrons. The van der Waals surface area contributed by atoms with Crippen molar-refractivity contribution in [1.29, 1.82) is 0 Å². The summed E-state index contributed by atoms with van der Waals surface area (Å²) in [6.45, 7) is 9.58. The summed E-state index contributed by atoms with van der Waals surface area (Å²) < 4.78 is 19.1. The number of carbonyl (C=O) groups is 1. The largest absolute Gasteiger partial charge is 0.466 e. The third-order valence-corrected chi connectivity index (χ3v) is 3.43. The van der Waals surface area contributed by atoms with Crippen molar-refractivity contribution >= 4 is 5.97 Å². The molecule has 112 valence electrons. The van der Waals surface area contributed by atoms with E-state index >= 15 is 0 Å². The third kappa shape index (κ3) is 4.30. The molecule has 0 aliphatic carbocycles. The van der Waals surface area contributed by atoms with E-state index in [9.17, 15) is 9.18 Å². The van der Waals surface area contributed by atoms with Gasteiger partial charge in [-0.2, -0.15) is 0 Å². The number of esters is 1. The van der Waals surface area contributed by atoms with Crippen LogP contribution in [0.5, 0.6) is 0 Å². The van der Waals surface area contributed by atoms with Crippen LogP contribution < -0.4 is 0 Å². The molecule has 1 aromatic carbocycles. The summed E-state index contributed by atoms with van der Waals surface area (Å²) in [5.41, 5.74) is 1.56. The number of benzene rings is 1. The molecule has 0 aliphatic rings. The van der Waals surface area contributed by atoms with Gasteiger partial charge in [0.15, 0.2) is 0 Å². The van der Waals surface area contributed by atoms with E-state index in [1.165, 1.54) is 6.07 Å².